The number of benzene rings is 1. The van der Waals surface area contributed by atoms with Gasteiger partial charge >= 0.3 is 0 Å². The SMILES string of the molecule is N#CCc1cc(-c2cc(Cl)c(Cl)c(Cl)c2)cnc1N. The molecule has 0 radical (unpaired) electrons. The van der Waals surface area contributed by atoms with Crippen LogP contribution in [0, 0.1) is 11.3 Å². The maximum atomic E-state index is 8.74. The van der Waals surface area contributed by atoms with Gasteiger partial charge in [-0.05, 0) is 23.8 Å². The van der Waals surface area contributed by atoms with E-state index in [9.17, 15) is 0 Å². The summed E-state index contributed by atoms with van der Waals surface area (Å²) in [5, 5.41) is 9.78. The lowest BCUT2D eigenvalue weighted by Gasteiger charge is -2.08. The molecule has 0 bridgehead atoms. The zero-order valence-corrected chi connectivity index (χ0v) is 11.9. The predicted molar refractivity (Wildman–Crippen MR) is 78.4 cm³/mol. The van der Waals surface area contributed by atoms with E-state index in [-0.39, 0.29) is 6.42 Å². The molecule has 0 saturated heterocycles. The van der Waals surface area contributed by atoms with Crippen LogP contribution in [0.2, 0.25) is 15.1 Å². The molecule has 2 N–H and O–H groups in total. The minimum atomic E-state index is 0.196. The molecule has 0 aliphatic rings. The van der Waals surface area contributed by atoms with E-state index in [4.69, 9.17) is 45.8 Å². The first kappa shape index (κ1) is 14.0. The fraction of sp³-hybridized carbons (Fsp3) is 0.0769. The van der Waals surface area contributed by atoms with E-state index < -0.39 is 0 Å². The molecule has 6 heteroatoms. The second-order valence-electron chi connectivity index (χ2n) is 3.86. The van der Waals surface area contributed by atoms with Crippen LogP contribution in [0.3, 0.4) is 0 Å². The van der Waals surface area contributed by atoms with Crippen molar-refractivity contribution in [2.45, 2.75) is 6.42 Å². The van der Waals surface area contributed by atoms with Crippen molar-refractivity contribution >= 4 is 40.6 Å². The summed E-state index contributed by atoms with van der Waals surface area (Å²) < 4.78 is 0. The lowest BCUT2D eigenvalue weighted by atomic mass is 10.0. The molecule has 0 aliphatic heterocycles. The van der Waals surface area contributed by atoms with Gasteiger partial charge < -0.3 is 5.73 Å². The van der Waals surface area contributed by atoms with Gasteiger partial charge in [-0.3, -0.25) is 0 Å². The summed E-state index contributed by atoms with van der Waals surface area (Å²) in [6.45, 7) is 0. The molecule has 1 heterocycles. The zero-order chi connectivity index (χ0) is 14.0. The molecule has 2 rings (SSSR count). The molecule has 3 nitrogen and oxygen atoms in total. The molecule has 19 heavy (non-hydrogen) atoms. The highest BCUT2D eigenvalue weighted by Gasteiger charge is 2.09. The summed E-state index contributed by atoms with van der Waals surface area (Å²) in [5.41, 5.74) is 7.92. The number of nitrogens with two attached hydrogens (primary N) is 1. The van der Waals surface area contributed by atoms with Crippen molar-refractivity contribution in [3.63, 3.8) is 0 Å². The topological polar surface area (TPSA) is 62.7 Å². The fourth-order valence-corrected chi connectivity index (χ4v) is 2.22. The van der Waals surface area contributed by atoms with Crippen LogP contribution in [0.25, 0.3) is 11.1 Å². The quantitative estimate of drug-likeness (QED) is 0.838. The van der Waals surface area contributed by atoms with Gasteiger partial charge in [-0.15, -0.1) is 0 Å². The number of halogens is 3. The minimum Gasteiger partial charge on any atom is -0.383 e. The molecule has 0 fully saturated rings. The summed E-state index contributed by atoms with van der Waals surface area (Å²) in [6.07, 6.45) is 1.80. The third-order valence-electron chi connectivity index (χ3n) is 2.59. The van der Waals surface area contributed by atoms with Crippen LogP contribution < -0.4 is 5.73 Å². The Labute approximate surface area is 125 Å². The molecular formula is C13H8Cl3N3. The fourth-order valence-electron chi connectivity index (χ4n) is 1.63. The molecule has 1 aromatic carbocycles. The van der Waals surface area contributed by atoms with Crippen LogP contribution in [0.4, 0.5) is 5.82 Å². The molecular weight excluding hydrogens is 305 g/mol. The number of hydrogen-bond donors (Lipinski definition) is 1. The third kappa shape index (κ3) is 2.93. The largest absolute Gasteiger partial charge is 0.383 e. The van der Waals surface area contributed by atoms with Gasteiger partial charge in [0, 0.05) is 17.3 Å². The van der Waals surface area contributed by atoms with E-state index in [1.54, 1.807) is 24.4 Å². The highest BCUT2D eigenvalue weighted by molar-refractivity contribution is 6.48. The van der Waals surface area contributed by atoms with Gasteiger partial charge in [0.25, 0.3) is 0 Å². The van der Waals surface area contributed by atoms with Crippen molar-refractivity contribution in [1.29, 1.82) is 5.26 Å². The van der Waals surface area contributed by atoms with E-state index in [2.05, 4.69) is 4.98 Å². The molecule has 0 unspecified atom stereocenters. The Bertz CT molecular complexity index is 654. The number of nitrogen functional groups attached to an aromatic ring is 1. The van der Waals surface area contributed by atoms with Crippen LogP contribution in [0.5, 0.6) is 0 Å². The van der Waals surface area contributed by atoms with Crippen LogP contribution in [0.1, 0.15) is 5.56 Å². The molecule has 0 atom stereocenters. The molecule has 0 saturated carbocycles. The van der Waals surface area contributed by atoms with Crippen molar-refractivity contribution in [2.24, 2.45) is 0 Å². The van der Waals surface area contributed by atoms with E-state index in [0.29, 0.717) is 26.4 Å². The normalized spacial score (nSPS) is 10.2. The molecule has 96 valence electrons. The number of rotatable bonds is 2. The Kier molecular flexibility index (Phi) is 4.16. The Hall–Kier alpha value is -1.47. The van der Waals surface area contributed by atoms with Crippen molar-refractivity contribution in [3.8, 4) is 17.2 Å². The average molecular weight is 313 g/mol. The van der Waals surface area contributed by atoms with Gasteiger partial charge in [-0.1, -0.05) is 34.8 Å². The average Bonchev–Trinajstić information content (AvgIpc) is 2.38. The maximum Gasteiger partial charge on any atom is 0.127 e. The standard InChI is InChI=1S/C13H8Cl3N3/c14-10-4-8(5-11(15)12(10)16)9-3-7(1-2-17)13(18)19-6-9/h3-6H,1H2,(H2,18,19). The monoisotopic (exact) mass is 311 g/mol. The van der Waals surface area contributed by atoms with E-state index >= 15 is 0 Å². The van der Waals surface area contributed by atoms with E-state index in [1.165, 1.54) is 0 Å². The van der Waals surface area contributed by atoms with Crippen molar-refractivity contribution in [2.75, 3.05) is 5.73 Å². The Morgan fingerprint density at radius 1 is 1.11 bits per heavy atom. The zero-order valence-electron chi connectivity index (χ0n) is 9.62. The van der Waals surface area contributed by atoms with Crippen molar-refractivity contribution in [1.82, 2.24) is 4.98 Å². The smallest absolute Gasteiger partial charge is 0.127 e. The summed E-state index contributed by atoms with van der Waals surface area (Å²) in [5.74, 6) is 0.344. The molecule has 0 amide bonds. The molecule has 2 aromatic rings. The maximum absolute atomic E-state index is 8.74. The predicted octanol–water partition coefficient (Wildman–Crippen LogP) is 4.36. The highest BCUT2D eigenvalue weighted by atomic mass is 35.5. The van der Waals surface area contributed by atoms with Crippen molar-refractivity contribution in [3.05, 3.63) is 45.0 Å². The molecule has 0 aliphatic carbocycles. The lowest BCUT2D eigenvalue weighted by molar-refractivity contribution is 1.20. The molecule has 1 aromatic heterocycles. The first-order valence-corrected chi connectivity index (χ1v) is 6.42. The van der Waals surface area contributed by atoms with Gasteiger partial charge in [0.1, 0.15) is 5.82 Å². The van der Waals surface area contributed by atoms with Crippen molar-refractivity contribution < 1.29 is 0 Å². The second-order valence-corrected chi connectivity index (χ2v) is 5.05. The van der Waals surface area contributed by atoms with E-state index in [0.717, 1.165) is 11.1 Å². The summed E-state index contributed by atoms with van der Waals surface area (Å²) in [4.78, 5) is 4.06. The van der Waals surface area contributed by atoms with Crippen LogP contribution in [-0.2, 0) is 6.42 Å². The van der Waals surface area contributed by atoms with Gasteiger partial charge in [0.15, 0.2) is 0 Å². The first-order chi connectivity index (χ1) is 9.02. The third-order valence-corrected chi connectivity index (χ3v) is 3.78. The van der Waals surface area contributed by atoms with Gasteiger partial charge in [-0.2, -0.15) is 5.26 Å². The Morgan fingerprint density at radius 2 is 1.74 bits per heavy atom. The van der Waals surface area contributed by atoms with Crippen LogP contribution >= 0.6 is 34.8 Å². The second kappa shape index (κ2) is 5.66. The van der Waals surface area contributed by atoms with Gasteiger partial charge in [-0.25, -0.2) is 4.98 Å². The minimum absolute atomic E-state index is 0.196. The van der Waals surface area contributed by atoms with Gasteiger partial charge in [0.2, 0.25) is 0 Å². The summed E-state index contributed by atoms with van der Waals surface area (Å²) in [7, 11) is 0. The number of nitrogens with zero attached hydrogens (tertiary/aromatic N) is 2. The van der Waals surface area contributed by atoms with Crippen LogP contribution in [-0.4, -0.2) is 4.98 Å². The Balaban J connectivity index is 2.54. The number of nitriles is 1. The Morgan fingerprint density at radius 3 is 2.32 bits per heavy atom. The summed E-state index contributed by atoms with van der Waals surface area (Å²) >= 11 is 17.9. The molecule has 0 spiro atoms. The number of aromatic nitrogens is 1. The summed E-state index contributed by atoms with van der Waals surface area (Å²) in [6, 6.07) is 7.22. The highest BCUT2D eigenvalue weighted by Crippen LogP contribution is 2.35. The number of anilines is 1. The van der Waals surface area contributed by atoms with Crippen LogP contribution in [0.15, 0.2) is 24.4 Å². The number of pyridine rings is 1. The van der Waals surface area contributed by atoms with Gasteiger partial charge in [0.05, 0.1) is 27.6 Å². The lowest BCUT2D eigenvalue weighted by Crippen LogP contribution is -1.97. The number of hydrogen-bond acceptors (Lipinski definition) is 3. The van der Waals surface area contributed by atoms with E-state index in [1.807, 2.05) is 6.07 Å². The first-order valence-electron chi connectivity index (χ1n) is 5.29.